The van der Waals surface area contributed by atoms with Gasteiger partial charge in [0, 0.05) is 0 Å². The van der Waals surface area contributed by atoms with Crippen LogP contribution in [0.25, 0.3) is 0 Å². The molecule has 1 fully saturated rings. The van der Waals surface area contributed by atoms with Gasteiger partial charge in [0.25, 0.3) is 0 Å². The number of hydrogen-bond donors (Lipinski definition) is 1. The molecule has 6 heteroatoms. The molecule has 0 saturated heterocycles. The number of benzene rings is 1. The molecule has 0 atom stereocenters. The van der Waals surface area contributed by atoms with E-state index in [0.29, 0.717) is 12.8 Å². The molecule has 1 aromatic rings. The van der Waals surface area contributed by atoms with Gasteiger partial charge in [0.1, 0.15) is 11.4 Å². The van der Waals surface area contributed by atoms with Crippen molar-refractivity contribution in [1.82, 2.24) is 0 Å². The number of carbonyl (C=O) groups is 1. The van der Waals surface area contributed by atoms with Crippen LogP contribution in [0.3, 0.4) is 0 Å². The van der Waals surface area contributed by atoms with Gasteiger partial charge < -0.3 is 9.84 Å². The van der Waals surface area contributed by atoms with Crippen molar-refractivity contribution in [2.75, 3.05) is 0 Å². The molecule has 0 spiro atoms. The largest absolute Gasteiger partial charge is 0.573 e. The second-order valence-electron chi connectivity index (χ2n) is 4.97. The van der Waals surface area contributed by atoms with Crippen LogP contribution >= 0.6 is 0 Å². The summed E-state index contributed by atoms with van der Waals surface area (Å²) in [6, 6.07) is 5.12. The van der Waals surface area contributed by atoms with E-state index in [-0.39, 0.29) is 18.4 Å². The van der Waals surface area contributed by atoms with Crippen molar-refractivity contribution in [3.05, 3.63) is 29.8 Å². The highest BCUT2D eigenvalue weighted by Gasteiger charge is 2.40. The minimum absolute atomic E-state index is 0.228. The summed E-state index contributed by atoms with van der Waals surface area (Å²) in [5, 5.41) is 10.3. The first-order valence-corrected chi connectivity index (χ1v) is 6.44. The first-order chi connectivity index (χ1) is 9.32. The lowest BCUT2D eigenvalue weighted by Gasteiger charge is -2.31. The van der Waals surface area contributed by atoms with E-state index in [1.807, 2.05) is 0 Å². The van der Waals surface area contributed by atoms with Crippen LogP contribution in [-0.4, -0.2) is 22.9 Å². The van der Waals surface area contributed by atoms with Gasteiger partial charge in [0.05, 0.1) is 5.56 Å². The summed E-state index contributed by atoms with van der Waals surface area (Å²) in [6.45, 7) is 0. The molecule has 1 aromatic carbocycles. The molecular weight excluding hydrogens is 273 g/mol. The molecule has 0 unspecified atom stereocenters. The van der Waals surface area contributed by atoms with Crippen LogP contribution in [0.2, 0.25) is 0 Å². The molecule has 1 aliphatic carbocycles. The fourth-order valence-corrected chi connectivity index (χ4v) is 2.48. The summed E-state index contributed by atoms with van der Waals surface area (Å²) in [5.41, 5.74) is -1.81. The maximum absolute atomic E-state index is 12.3. The number of hydrogen-bond acceptors (Lipinski definition) is 3. The molecule has 2 rings (SSSR count). The maximum atomic E-state index is 12.3. The SMILES string of the molecule is O=C(c1ccccc1OC(F)(F)F)C1(O)CCCCC1. The van der Waals surface area contributed by atoms with Gasteiger partial charge in [0.15, 0.2) is 5.78 Å². The zero-order chi connectivity index (χ0) is 14.8. The van der Waals surface area contributed by atoms with E-state index in [0.717, 1.165) is 12.5 Å². The Bertz CT molecular complexity index is 491. The predicted molar refractivity (Wildman–Crippen MR) is 65.5 cm³/mol. The van der Waals surface area contributed by atoms with Crippen molar-refractivity contribution in [1.29, 1.82) is 0 Å². The third-order valence-corrected chi connectivity index (χ3v) is 3.46. The monoisotopic (exact) mass is 288 g/mol. The lowest BCUT2D eigenvalue weighted by Crippen LogP contribution is -2.40. The lowest BCUT2D eigenvalue weighted by molar-refractivity contribution is -0.274. The number of ether oxygens (including phenoxy) is 1. The van der Waals surface area contributed by atoms with Gasteiger partial charge >= 0.3 is 6.36 Å². The Morgan fingerprint density at radius 3 is 2.35 bits per heavy atom. The Morgan fingerprint density at radius 1 is 1.15 bits per heavy atom. The van der Waals surface area contributed by atoms with E-state index >= 15 is 0 Å². The van der Waals surface area contributed by atoms with Gasteiger partial charge in [-0.05, 0) is 25.0 Å². The molecule has 0 aromatic heterocycles. The topological polar surface area (TPSA) is 46.5 Å². The molecule has 0 bridgehead atoms. The molecule has 0 heterocycles. The Morgan fingerprint density at radius 2 is 1.75 bits per heavy atom. The van der Waals surface area contributed by atoms with Crippen LogP contribution in [0.5, 0.6) is 5.75 Å². The van der Waals surface area contributed by atoms with Crippen LogP contribution in [0.4, 0.5) is 13.2 Å². The number of para-hydroxylation sites is 1. The highest BCUT2D eigenvalue weighted by Crippen LogP contribution is 2.35. The second kappa shape index (κ2) is 5.44. The van der Waals surface area contributed by atoms with Crippen molar-refractivity contribution in [2.45, 2.75) is 44.1 Å². The average Bonchev–Trinajstić information content (AvgIpc) is 2.37. The fraction of sp³-hybridized carbons (Fsp3) is 0.500. The van der Waals surface area contributed by atoms with E-state index in [1.165, 1.54) is 18.2 Å². The van der Waals surface area contributed by atoms with Crippen LogP contribution in [0.15, 0.2) is 24.3 Å². The summed E-state index contributed by atoms with van der Waals surface area (Å²) in [7, 11) is 0. The molecule has 1 N–H and O–H groups in total. The number of aliphatic hydroxyl groups is 1. The Labute approximate surface area is 114 Å². The fourth-order valence-electron chi connectivity index (χ4n) is 2.48. The minimum Gasteiger partial charge on any atom is -0.405 e. The standard InChI is InChI=1S/C14H15F3O3/c15-14(16,17)20-11-7-3-2-6-10(11)12(18)13(19)8-4-1-5-9-13/h2-3,6-7,19H,1,4-5,8-9H2. The third kappa shape index (κ3) is 3.30. The molecular formula is C14H15F3O3. The Balaban J connectivity index is 2.30. The molecule has 110 valence electrons. The normalized spacial score (nSPS) is 18.6. The van der Waals surface area contributed by atoms with Gasteiger partial charge in [-0.2, -0.15) is 0 Å². The molecule has 3 nitrogen and oxygen atoms in total. The summed E-state index contributed by atoms with van der Waals surface area (Å²) in [5.74, 6) is -1.26. The summed E-state index contributed by atoms with van der Waals surface area (Å²) in [4.78, 5) is 12.3. The third-order valence-electron chi connectivity index (χ3n) is 3.46. The number of rotatable bonds is 3. The van der Waals surface area contributed by atoms with Gasteiger partial charge in [-0.15, -0.1) is 13.2 Å². The molecule has 0 aliphatic heterocycles. The zero-order valence-corrected chi connectivity index (χ0v) is 10.7. The number of alkyl halides is 3. The van der Waals surface area contributed by atoms with Crippen LogP contribution in [0.1, 0.15) is 42.5 Å². The zero-order valence-electron chi connectivity index (χ0n) is 10.7. The second-order valence-corrected chi connectivity index (χ2v) is 4.97. The number of halogens is 3. The number of Topliss-reactive ketones (excluding diaryl/α,β-unsaturated/α-hetero) is 1. The van der Waals surface area contributed by atoms with Crippen molar-refractivity contribution in [3.63, 3.8) is 0 Å². The van der Waals surface area contributed by atoms with Crippen molar-refractivity contribution in [2.24, 2.45) is 0 Å². The smallest absolute Gasteiger partial charge is 0.405 e. The molecule has 0 amide bonds. The Kier molecular flexibility index (Phi) is 4.04. The van der Waals surface area contributed by atoms with Crippen LogP contribution < -0.4 is 4.74 Å². The van der Waals surface area contributed by atoms with Crippen LogP contribution in [0, 0.1) is 0 Å². The van der Waals surface area contributed by atoms with Crippen molar-refractivity contribution < 1.29 is 27.8 Å². The number of carbonyl (C=O) groups excluding carboxylic acids is 1. The molecule has 0 radical (unpaired) electrons. The van der Waals surface area contributed by atoms with E-state index in [4.69, 9.17) is 0 Å². The lowest BCUT2D eigenvalue weighted by atomic mass is 9.79. The summed E-state index contributed by atoms with van der Waals surface area (Å²) >= 11 is 0. The highest BCUT2D eigenvalue weighted by molar-refractivity contribution is 6.04. The molecule has 1 saturated carbocycles. The molecule has 1 aliphatic rings. The molecule has 20 heavy (non-hydrogen) atoms. The van der Waals surface area contributed by atoms with E-state index in [1.54, 1.807) is 0 Å². The quantitative estimate of drug-likeness (QED) is 0.866. The summed E-state index contributed by atoms with van der Waals surface area (Å²) < 4.78 is 40.8. The summed E-state index contributed by atoms with van der Waals surface area (Å²) in [6.07, 6.45) is -2.05. The van der Waals surface area contributed by atoms with Gasteiger partial charge in [0.2, 0.25) is 0 Å². The van der Waals surface area contributed by atoms with Gasteiger partial charge in [-0.1, -0.05) is 31.4 Å². The number of ketones is 1. The Hall–Kier alpha value is -1.56. The highest BCUT2D eigenvalue weighted by atomic mass is 19.4. The predicted octanol–water partition coefficient (Wildman–Crippen LogP) is 3.46. The van der Waals surface area contributed by atoms with E-state index in [2.05, 4.69) is 4.74 Å². The maximum Gasteiger partial charge on any atom is 0.573 e. The van der Waals surface area contributed by atoms with E-state index < -0.39 is 23.5 Å². The van der Waals surface area contributed by atoms with Gasteiger partial charge in [-0.3, -0.25) is 4.79 Å². The van der Waals surface area contributed by atoms with Crippen molar-refractivity contribution >= 4 is 5.78 Å². The first-order valence-electron chi connectivity index (χ1n) is 6.44. The van der Waals surface area contributed by atoms with Gasteiger partial charge in [-0.25, -0.2) is 0 Å². The van der Waals surface area contributed by atoms with Crippen molar-refractivity contribution in [3.8, 4) is 5.75 Å². The minimum atomic E-state index is -4.87. The first kappa shape index (κ1) is 14.8. The average molecular weight is 288 g/mol. The van der Waals surface area contributed by atoms with E-state index in [9.17, 15) is 23.1 Å². The van der Waals surface area contributed by atoms with Crippen LogP contribution in [-0.2, 0) is 0 Å².